The zero-order valence-corrected chi connectivity index (χ0v) is 14.5. The highest BCUT2D eigenvalue weighted by molar-refractivity contribution is 5.98. The summed E-state index contributed by atoms with van der Waals surface area (Å²) in [5.41, 5.74) is 6.67. The van der Waals surface area contributed by atoms with Gasteiger partial charge in [-0.15, -0.1) is 0 Å². The van der Waals surface area contributed by atoms with Crippen LogP contribution in [0.25, 0.3) is 38.8 Å². The molecular formula is C21H17N5O. The Hall–Kier alpha value is -3.59. The van der Waals surface area contributed by atoms with Crippen molar-refractivity contribution in [3.63, 3.8) is 0 Å². The Balaban J connectivity index is 1.73. The number of fused-ring (bicyclic) bond motifs is 2. The topological polar surface area (TPSA) is 101 Å². The summed E-state index contributed by atoms with van der Waals surface area (Å²) in [6, 6.07) is 10.3. The predicted octanol–water partition coefficient (Wildman–Crippen LogP) is 4.11. The number of nitrogens with one attached hydrogen (secondary N) is 3. The van der Waals surface area contributed by atoms with Crippen LogP contribution in [0.15, 0.2) is 47.5 Å². The molecular weight excluding hydrogens is 338 g/mol. The van der Waals surface area contributed by atoms with Gasteiger partial charge in [-0.3, -0.25) is 0 Å². The van der Waals surface area contributed by atoms with Crippen molar-refractivity contribution in [1.82, 2.24) is 19.9 Å². The van der Waals surface area contributed by atoms with E-state index in [1.54, 1.807) is 0 Å². The fourth-order valence-corrected chi connectivity index (χ4v) is 3.95. The second-order valence-electron chi connectivity index (χ2n) is 6.96. The molecule has 0 radical (unpaired) electrons. The Bertz CT molecular complexity index is 1300. The summed E-state index contributed by atoms with van der Waals surface area (Å²) in [6.45, 7) is 0. The van der Waals surface area contributed by atoms with E-state index >= 15 is 0 Å². The molecule has 0 amide bonds. The molecule has 1 unspecified atom stereocenters. The van der Waals surface area contributed by atoms with E-state index in [9.17, 15) is 10.1 Å². The number of nitriles is 1. The zero-order chi connectivity index (χ0) is 18.4. The smallest absolute Gasteiger partial charge is 0.323 e. The Morgan fingerprint density at radius 2 is 2.07 bits per heavy atom. The first-order valence-electron chi connectivity index (χ1n) is 9.00. The van der Waals surface area contributed by atoms with Crippen LogP contribution in [0.5, 0.6) is 0 Å². The zero-order valence-electron chi connectivity index (χ0n) is 14.5. The van der Waals surface area contributed by atoms with Crippen molar-refractivity contribution >= 4 is 27.6 Å². The lowest BCUT2D eigenvalue weighted by atomic mass is 9.84. The van der Waals surface area contributed by atoms with Gasteiger partial charge in [-0.05, 0) is 54.2 Å². The first-order chi connectivity index (χ1) is 13.2. The van der Waals surface area contributed by atoms with Crippen LogP contribution < -0.4 is 5.69 Å². The molecule has 6 heteroatoms. The number of pyridine rings is 1. The molecule has 132 valence electrons. The number of allylic oxidation sites excluding steroid dienone is 2. The van der Waals surface area contributed by atoms with E-state index in [0.717, 1.165) is 58.0 Å². The third-order valence-corrected chi connectivity index (χ3v) is 5.33. The largest absolute Gasteiger partial charge is 0.346 e. The van der Waals surface area contributed by atoms with Crippen molar-refractivity contribution in [1.29, 1.82) is 5.26 Å². The van der Waals surface area contributed by atoms with Crippen LogP contribution in [0, 0.1) is 17.2 Å². The Kier molecular flexibility index (Phi) is 3.47. The Morgan fingerprint density at radius 3 is 2.89 bits per heavy atom. The fraction of sp³-hybridized carbons (Fsp3) is 0.190. The molecule has 4 aromatic rings. The fourth-order valence-electron chi connectivity index (χ4n) is 3.95. The SMILES string of the molecule is N#CC1CC=C(c2c(-c3ccc4[nH]c(=O)[nH]c4c3)cnc3[nH]ccc23)CC1. The molecule has 1 atom stereocenters. The average molecular weight is 355 g/mol. The Morgan fingerprint density at radius 1 is 1.19 bits per heavy atom. The maximum atomic E-state index is 11.6. The van der Waals surface area contributed by atoms with Gasteiger partial charge < -0.3 is 15.0 Å². The van der Waals surface area contributed by atoms with Crippen molar-refractivity contribution < 1.29 is 0 Å². The molecule has 1 aliphatic carbocycles. The van der Waals surface area contributed by atoms with Gasteiger partial charge in [0.15, 0.2) is 0 Å². The highest BCUT2D eigenvalue weighted by Gasteiger charge is 2.20. The van der Waals surface area contributed by atoms with Crippen molar-refractivity contribution in [2.75, 3.05) is 0 Å². The van der Waals surface area contributed by atoms with Crippen LogP contribution in [-0.2, 0) is 0 Å². The summed E-state index contributed by atoms with van der Waals surface area (Å²) in [7, 11) is 0. The van der Waals surface area contributed by atoms with Crippen LogP contribution in [0.4, 0.5) is 0 Å². The van der Waals surface area contributed by atoms with Crippen LogP contribution >= 0.6 is 0 Å². The lowest BCUT2D eigenvalue weighted by Crippen LogP contribution is -2.04. The molecule has 0 saturated heterocycles. The number of aromatic amines is 3. The van der Waals surface area contributed by atoms with E-state index in [-0.39, 0.29) is 11.6 Å². The summed E-state index contributed by atoms with van der Waals surface area (Å²) in [4.78, 5) is 25.0. The molecule has 3 heterocycles. The molecule has 27 heavy (non-hydrogen) atoms. The minimum Gasteiger partial charge on any atom is -0.346 e. The van der Waals surface area contributed by atoms with Gasteiger partial charge in [0.2, 0.25) is 0 Å². The van der Waals surface area contributed by atoms with E-state index < -0.39 is 0 Å². The average Bonchev–Trinajstić information content (AvgIpc) is 3.31. The van der Waals surface area contributed by atoms with Crippen molar-refractivity contribution in [2.45, 2.75) is 19.3 Å². The number of rotatable bonds is 2. The van der Waals surface area contributed by atoms with Crippen LogP contribution in [0.1, 0.15) is 24.8 Å². The lowest BCUT2D eigenvalue weighted by molar-refractivity contribution is 0.605. The van der Waals surface area contributed by atoms with Gasteiger partial charge in [-0.1, -0.05) is 12.1 Å². The highest BCUT2D eigenvalue weighted by atomic mass is 16.1. The maximum absolute atomic E-state index is 11.6. The number of nitrogens with zero attached hydrogens (tertiary/aromatic N) is 2. The van der Waals surface area contributed by atoms with Gasteiger partial charge in [-0.25, -0.2) is 9.78 Å². The first kappa shape index (κ1) is 15.6. The number of aromatic nitrogens is 4. The normalized spacial score (nSPS) is 17.1. The minimum absolute atomic E-state index is 0.0991. The van der Waals surface area contributed by atoms with Gasteiger partial charge in [0.1, 0.15) is 5.65 Å². The molecule has 0 saturated carbocycles. The van der Waals surface area contributed by atoms with Crippen molar-refractivity contribution in [2.24, 2.45) is 5.92 Å². The van der Waals surface area contributed by atoms with E-state index in [2.05, 4.69) is 38.1 Å². The maximum Gasteiger partial charge on any atom is 0.323 e. The third kappa shape index (κ3) is 2.56. The van der Waals surface area contributed by atoms with Crippen molar-refractivity contribution in [3.8, 4) is 17.2 Å². The third-order valence-electron chi connectivity index (χ3n) is 5.33. The molecule has 3 aromatic heterocycles. The molecule has 5 rings (SSSR count). The van der Waals surface area contributed by atoms with Gasteiger partial charge in [0.05, 0.1) is 23.0 Å². The summed E-state index contributed by atoms with van der Waals surface area (Å²) >= 11 is 0. The van der Waals surface area contributed by atoms with Crippen LogP contribution in [0.3, 0.4) is 0 Å². The van der Waals surface area contributed by atoms with E-state index in [4.69, 9.17) is 0 Å². The Labute approximate surface area is 154 Å². The van der Waals surface area contributed by atoms with Gasteiger partial charge >= 0.3 is 5.69 Å². The van der Waals surface area contributed by atoms with Crippen molar-refractivity contribution in [3.05, 3.63) is 58.8 Å². The standard InChI is InChI=1S/C21H17N5O/c22-10-12-1-3-13(4-2-12)19-15-7-8-23-20(15)24-11-16(19)14-5-6-17-18(9-14)26-21(27)25-17/h3,5-9,11-12H,1-2,4H2,(H,23,24)(H2,25,26,27). The first-order valence-corrected chi connectivity index (χ1v) is 9.00. The minimum atomic E-state index is -0.209. The number of imidazole rings is 1. The molecule has 1 aromatic carbocycles. The number of H-pyrrole nitrogens is 3. The lowest BCUT2D eigenvalue weighted by Gasteiger charge is -2.20. The summed E-state index contributed by atoms with van der Waals surface area (Å²) in [5.74, 6) is 0.0991. The quantitative estimate of drug-likeness (QED) is 0.504. The van der Waals surface area contributed by atoms with Gasteiger partial charge in [-0.2, -0.15) is 5.26 Å². The van der Waals surface area contributed by atoms with Gasteiger partial charge in [0, 0.05) is 23.3 Å². The number of benzene rings is 1. The summed E-state index contributed by atoms with van der Waals surface area (Å²) in [5, 5.41) is 10.3. The highest BCUT2D eigenvalue weighted by Crippen LogP contribution is 2.39. The van der Waals surface area contributed by atoms with E-state index in [1.165, 1.54) is 5.57 Å². The second kappa shape index (κ2) is 5.99. The molecule has 0 fully saturated rings. The summed E-state index contributed by atoms with van der Waals surface area (Å²) in [6.07, 6.45) is 8.51. The molecule has 1 aliphatic rings. The van der Waals surface area contributed by atoms with E-state index in [0.29, 0.717) is 0 Å². The monoisotopic (exact) mass is 355 g/mol. The number of hydrogen-bond acceptors (Lipinski definition) is 3. The molecule has 3 N–H and O–H groups in total. The summed E-state index contributed by atoms with van der Waals surface area (Å²) < 4.78 is 0. The van der Waals surface area contributed by atoms with Gasteiger partial charge in [0.25, 0.3) is 0 Å². The van der Waals surface area contributed by atoms with E-state index in [1.807, 2.05) is 30.6 Å². The van der Waals surface area contributed by atoms with Crippen LogP contribution in [0.2, 0.25) is 0 Å². The molecule has 0 bridgehead atoms. The number of hydrogen-bond donors (Lipinski definition) is 3. The predicted molar refractivity (Wildman–Crippen MR) is 105 cm³/mol. The molecule has 6 nitrogen and oxygen atoms in total. The molecule has 0 spiro atoms. The second-order valence-corrected chi connectivity index (χ2v) is 6.96. The molecule has 0 aliphatic heterocycles. The van der Waals surface area contributed by atoms with Crippen LogP contribution in [-0.4, -0.2) is 19.9 Å².